The van der Waals surface area contributed by atoms with Crippen LogP contribution in [0, 0.1) is 34.5 Å². The minimum atomic E-state index is -0.143. The van der Waals surface area contributed by atoms with Gasteiger partial charge in [-0.15, -0.1) is 12.4 Å². The first-order chi connectivity index (χ1) is 14.0. The van der Waals surface area contributed by atoms with Crippen LogP contribution in [-0.4, -0.2) is 41.6 Å². The number of rotatable bonds is 2. The second-order valence-corrected chi connectivity index (χ2v) is 10.7. The third-order valence-corrected chi connectivity index (χ3v) is 9.50. The maximum Gasteiger partial charge on any atom is 0.141 e. The van der Waals surface area contributed by atoms with E-state index >= 15 is 0 Å². The highest BCUT2D eigenvalue weighted by Crippen LogP contribution is 2.64. The van der Waals surface area contributed by atoms with Gasteiger partial charge in [-0.3, -0.25) is 4.79 Å². The van der Waals surface area contributed by atoms with Gasteiger partial charge in [0, 0.05) is 30.7 Å². The van der Waals surface area contributed by atoms with E-state index in [1.54, 1.807) is 0 Å². The Hall–Kier alpha value is -1.14. The first kappa shape index (κ1) is 22.1. The summed E-state index contributed by atoms with van der Waals surface area (Å²) in [6.07, 6.45) is 8.85. The summed E-state index contributed by atoms with van der Waals surface area (Å²) in [5, 5.41) is 21.6. The molecule has 4 aliphatic carbocycles. The highest BCUT2D eigenvalue weighted by Gasteiger charge is 2.61. The fraction of sp³-hybridized carbons (Fsp3) is 0.870. The average Bonchev–Trinajstić information content (AvgIpc) is 3.34. The molecule has 7 heteroatoms. The quantitative estimate of drug-likeness (QED) is 0.501. The second-order valence-electron chi connectivity index (χ2n) is 10.7. The van der Waals surface area contributed by atoms with E-state index < -0.39 is 0 Å². The van der Waals surface area contributed by atoms with E-state index in [1.807, 2.05) is 0 Å². The lowest BCUT2D eigenvalue weighted by atomic mass is 9.45. The summed E-state index contributed by atoms with van der Waals surface area (Å²) in [6, 6.07) is 0. The molecule has 1 unspecified atom stereocenters. The Balaban J connectivity index is 0.00000218. The lowest BCUT2D eigenvalue weighted by Crippen LogP contribution is -2.56. The number of fused-ring (bicyclic) bond motifs is 5. The summed E-state index contributed by atoms with van der Waals surface area (Å²) in [5.74, 6) is 2.26. The molecule has 168 valence electrons. The van der Waals surface area contributed by atoms with Crippen molar-refractivity contribution in [1.29, 1.82) is 0 Å². The molecule has 0 radical (unpaired) electrons. The van der Waals surface area contributed by atoms with Crippen LogP contribution in [0.4, 0.5) is 0 Å². The van der Waals surface area contributed by atoms with Crippen LogP contribution in [0.5, 0.6) is 0 Å². The standard InChI is InChI=1S/C23H35N3O3.ClH/c1-22-8-5-14(26-29-15-7-10-24-13-15)11-19(22)20(25-28)12-16-17-3-4-21(27)23(17,2)9-6-18(16)22;/h15-19,24,28H,3-13H2,1-2H3;1H/b25-20+,26-14+;/t15-,16+,17+,18+,19?,22-,23+;/m1./s1. The number of nitrogens with zero attached hydrogens (tertiary/aromatic N) is 2. The van der Waals surface area contributed by atoms with Crippen molar-refractivity contribution in [2.75, 3.05) is 13.1 Å². The van der Waals surface area contributed by atoms with E-state index in [-0.39, 0.29) is 35.3 Å². The number of hydrogen-bond acceptors (Lipinski definition) is 6. The molecule has 0 bridgehead atoms. The second kappa shape index (κ2) is 8.09. The van der Waals surface area contributed by atoms with Crippen molar-refractivity contribution in [2.45, 2.75) is 77.7 Å². The third kappa shape index (κ3) is 3.29. The van der Waals surface area contributed by atoms with Crippen LogP contribution in [0.1, 0.15) is 71.6 Å². The summed E-state index contributed by atoms with van der Waals surface area (Å²) < 4.78 is 0. The first-order valence-electron chi connectivity index (χ1n) is 11.6. The van der Waals surface area contributed by atoms with Crippen LogP contribution in [0.2, 0.25) is 0 Å². The lowest BCUT2D eigenvalue weighted by molar-refractivity contribution is -0.133. The molecule has 1 heterocycles. The fourth-order valence-electron chi connectivity index (χ4n) is 7.71. The molecule has 5 fully saturated rings. The third-order valence-electron chi connectivity index (χ3n) is 9.50. The van der Waals surface area contributed by atoms with Crippen molar-refractivity contribution in [2.24, 2.45) is 44.8 Å². The molecule has 0 aromatic carbocycles. The van der Waals surface area contributed by atoms with Gasteiger partial charge in [-0.05, 0) is 74.7 Å². The van der Waals surface area contributed by atoms with Crippen LogP contribution >= 0.6 is 12.4 Å². The zero-order chi connectivity index (χ0) is 20.2. The SMILES string of the molecule is C[C@]12CC/C(=N\O[C@@H]3CCNC3)CC1/C(=N/O)C[C@@H]1[C@@H]2CC[C@]2(C)C(=O)CC[C@@H]12.Cl. The van der Waals surface area contributed by atoms with Gasteiger partial charge in [0.2, 0.25) is 0 Å². The van der Waals surface area contributed by atoms with Gasteiger partial charge >= 0.3 is 0 Å². The molecule has 0 aromatic rings. The van der Waals surface area contributed by atoms with Gasteiger partial charge in [0.1, 0.15) is 11.9 Å². The summed E-state index contributed by atoms with van der Waals surface area (Å²) in [7, 11) is 0. The Morgan fingerprint density at radius 1 is 1.10 bits per heavy atom. The minimum absolute atomic E-state index is 0. The number of hydrogen-bond donors (Lipinski definition) is 2. The summed E-state index contributed by atoms with van der Waals surface area (Å²) in [5.41, 5.74) is 2.05. The van der Waals surface area contributed by atoms with E-state index in [0.717, 1.165) is 82.3 Å². The maximum absolute atomic E-state index is 12.6. The van der Waals surface area contributed by atoms with Gasteiger partial charge in [-0.2, -0.15) is 0 Å². The van der Waals surface area contributed by atoms with Crippen LogP contribution in [0.3, 0.4) is 0 Å². The molecule has 4 saturated carbocycles. The molecule has 6 nitrogen and oxygen atoms in total. The Morgan fingerprint density at radius 3 is 2.67 bits per heavy atom. The highest BCUT2D eigenvalue weighted by molar-refractivity contribution is 5.96. The molecule has 5 aliphatic rings. The number of oxime groups is 2. The number of nitrogens with one attached hydrogen (secondary N) is 1. The largest absolute Gasteiger partial charge is 0.411 e. The van der Waals surface area contributed by atoms with E-state index in [0.29, 0.717) is 23.5 Å². The molecule has 1 saturated heterocycles. The van der Waals surface area contributed by atoms with Crippen molar-refractivity contribution < 1.29 is 14.8 Å². The average molecular weight is 438 g/mol. The van der Waals surface area contributed by atoms with Crippen molar-refractivity contribution in [3.05, 3.63) is 0 Å². The van der Waals surface area contributed by atoms with Crippen molar-refractivity contribution in [3.8, 4) is 0 Å². The number of carbonyl (C=O) groups is 1. The summed E-state index contributed by atoms with van der Waals surface area (Å²) in [4.78, 5) is 18.4. The van der Waals surface area contributed by atoms with Crippen molar-refractivity contribution in [1.82, 2.24) is 5.32 Å². The van der Waals surface area contributed by atoms with Gasteiger partial charge in [-0.1, -0.05) is 24.2 Å². The molecule has 0 spiro atoms. The van der Waals surface area contributed by atoms with Gasteiger partial charge < -0.3 is 15.4 Å². The van der Waals surface area contributed by atoms with Crippen LogP contribution in [-0.2, 0) is 9.63 Å². The zero-order valence-corrected chi connectivity index (χ0v) is 19.0. The monoisotopic (exact) mass is 437 g/mol. The summed E-state index contributed by atoms with van der Waals surface area (Å²) in [6.45, 7) is 6.50. The predicted molar refractivity (Wildman–Crippen MR) is 118 cm³/mol. The Kier molecular flexibility index (Phi) is 5.95. The normalized spacial score (nSPS) is 48.1. The van der Waals surface area contributed by atoms with E-state index in [2.05, 4.69) is 29.5 Å². The smallest absolute Gasteiger partial charge is 0.141 e. The van der Waals surface area contributed by atoms with Crippen LogP contribution in [0.25, 0.3) is 0 Å². The van der Waals surface area contributed by atoms with Gasteiger partial charge in [-0.25, -0.2) is 0 Å². The molecule has 30 heavy (non-hydrogen) atoms. The Morgan fingerprint density at radius 2 is 1.93 bits per heavy atom. The van der Waals surface area contributed by atoms with Crippen molar-refractivity contribution >= 4 is 29.6 Å². The molecule has 7 atom stereocenters. The van der Waals surface area contributed by atoms with Crippen LogP contribution in [0.15, 0.2) is 10.3 Å². The van der Waals surface area contributed by atoms with E-state index in [4.69, 9.17) is 4.84 Å². The molecule has 2 N–H and O–H groups in total. The lowest BCUT2D eigenvalue weighted by Gasteiger charge is -2.59. The number of halogens is 1. The molecule has 5 rings (SSSR count). The Labute approximate surface area is 185 Å². The zero-order valence-electron chi connectivity index (χ0n) is 18.2. The fourth-order valence-corrected chi connectivity index (χ4v) is 7.71. The predicted octanol–water partition coefficient (Wildman–Crippen LogP) is 4.19. The molecular weight excluding hydrogens is 402 g/mol. The topological polar surface area (TPSA) is 83.3 Å². The maximum atomic E-state index is 12.6. The number of ketones is 1. The van der Waals surface area contributed by atoms with Gasteiger partial charge in [0.15, 0.2) is 0 Å². The molecule has 0 amide bonds. The molecule has 1 aliphatic heterocycles. The minimum Gasteiger partial charge on any atom is -0.411 e. The Bertz CT molecular complexity index is 750. The van der Waals surface area contributed by atoms with Gasteiger partial charge in [0.25, 0.3) is 0 Å². The van der Waals surface area contributed by atoms with E-state index in [9.17, 15) is 10.0 Å². The molecule has 0 aromatic heterocycles. The summed E-state index contributed by atoms with van der Waals surface area (Å²) >= 11 is 0. The number of carbonyl (C=O) groups excluding carboxylic acids is 1. The first-order valence-corrected chi connectivity index (χ1v) is 11.6. The number of Topliss-reactive ketones (excluding diaryl/α,β-unsaturated/α-hetero) is 1. The van der Waals surface area contributed by atoms with Gasteiger partial charge in [0.05, 0.1) is 11.4 Å². The molecular formula is C23H36ClN3O3. The van der Waals surface area contributed by atoms with Crippen LogP contribution < -0.4 is 5.32 Å². The highest BCUT2D eigenvalue weighted by atomic mass is 35.5. The van der Waals surface area contributed by atoms with E-state index in [1.165, 1.54) is 0 Å². The van der Waals surface area contributed by atoms with Crippen molar-refractivity contribution in [3.63, 3.8) is 0 Å².